The van der Waals surface area contributed by atoms with Crippen molar-refractivity contribution in [3.63, 3.8) is 0 Å². The molecule has 5 heteroatoms. The molecule has 0 aliphatic rings. The number of nitrogens with one attached hydrogen (secondary N) is 1. The third kappa shape index (κ3) is 8.81. The summed E-state index contributed by atoms with van der Waals surface area (Å²) >= 11 is 0. The number of isocyanates is 1. The topological polar surface area (TPSA) is 93.2 Å². The summed E-state index contributed by atoms with van der Waals surface area (Å²) in [6.07, 6.45) is 2.36. The first-order valence-corrected chi connectivity index (χ1v) is 3.51. The zero-order chi connectivity index (χ0) is 9.98. The highest BCUT2D eigenvalue weighted by Crippen LogP contribution is 1.93. The summed E-state index contributed by atoms with van der Waals surface area (Å²) in [6.45, 7) is 1.98. The summed E-state index contributed by atoms with van der Waals surface area (Å²) < 4.78 is 4.40. The maximum absolute atomic E-state index is 10.6. The molecule has 0 aliphatic heterocycles. The van der Waals surface area contributed by atoms with Gasteiger partial charge in [-0.1, -0.05) is 13.3 Å². The average Bonchev–Trinajstić information content (AvgIpc) is 2.05. The molecule has 0 aromatic rings. The number of ether oxygens (including phenoxy) is 1. The predicted octanol–water partition coefficient (Wildman–Crippen LogP) is 0.188. The zero-order valence-corrected chi connectivity index (χ0v) is 7.29. The molecule has 0 bridgehead atoms. The van der Waals surface area contributed by atoms with Gasteiger partial charge in [0.1, 0.15) is 6.04 Å². The Morgan fingerprint density at radius 3 is 2.42 bits per heavy atom. The van der Waals surface area contributed by atoms with E-state index >= 15 is 0 Å². The van der Waals surface area contributed by atoms with Crippen molar-refractivity contribution in [1.29, 1.82) is 5.41 Å². The summed E-state index contributed by atoms with van der Waals surface area (Å²) in [5.41, 5.74) is 5.36. The van der Waals surface area contributed by atoms with Gasteiger partial charge in [-0.05, 0) is 6.42 Å². The molecule has 0 unspecified atom stereocenters. The molecular weight excluding hydrogens is 160 g/mol. The Morgan fingerprint density at radius 1 is 1.75 bits per heavy atom. The second-order valence-corrected chi connectivity index (χ2v) is 2.02. The van der Waals surface area contributed by atoms with E-state index in [0.29, 0.717) is 6.42 Å². The smallest absolute Gasteiger partial charge is 0.322 e. The van der Waals surface area contributed by atoms with Crippen molar-refractivity contribution < 1.29 is 14.3 Å². The number of esters is 1. The number of rotatable bonds is 3. The lowest BCUT2D eigenvalue weighted by molar-refractivity contribution is -0.142. The van der Waals surface area contributed by atoms with Crippen molar-refractivity contribution in [2.45, 2.75) is 25.8 Å². The van der Waals surface area contributed by atoms with Crippen LogP contribution in [0.3, 0.4) is 0 Å². The van der Waals surface area contributed by atoms with Crippen molar-refractivity contribution in [1.82, 2.24) is 0 Å². The number of hydrogen-bond acceptors (Lipinski definition) is 5. The lowest BCUT2D eigenvalue weighted by Gasteiger charge is -2.05. The molecule has 0 radical (unpaired) electrons. The van der Waals surface area contributed by atoms with Crippen molar-refractivity contribution >= 4 is 12.0 Å². The molecule has 0 fully saturated rings. The fourth-order valence-electron chi connectivity index (χ4n) is 0.580. The van der Waals surface area contributed by atoms with E-state index in [2.05, 4.69) is 4.74 Å². The van der Waals surface area contributed by atoms with Crippen LogP contribution < -0.4 is 5.73 Å². The molecule has 3 N–H and O–H groups in total. The molecule has 0 saturated carbocycles. The van der Waals surface area contributed by atoms with Gasteiger partial charge in [-0.25, -0.2) is 10.2 Å². The molecule has 12 heavy (non-hydrogen) atoms. The molecule has 0 heterocycles. The number of hydrogen-bond donors (Lipinski definition) is 2. The third-order valence-corrected chi connectivity index (χ3v) is 1.10. The summed E-state index contributed by atoms with van der Waals surface area (Å²) in [5, 5.41) is 5.40. The molecule has 0 aromatic carbocycles. The van der Waals surface area contributed by atoms with Crippen LogP contribution in [-0.4, -0.2) is 25.2 Å². The average molecular weight is 174 g/mol. The predicted molar refractivity (Wildman–Crippen MR) is 43.3 cm³/mol. The maximum Gasteiger partial charge on any atom is 0.322 e. The Labute approximate surface area is 71.4 Å². The molecule has 1 atom stereocenters. The molecular formula is C7H14N2O3. The van der Waals surface area contributed by atoms with Gasteiger partial charge in [0, 0.05) is 0 Å². The standard InChI is InChI=1S/C6H13NO2.CHNO/c1-3-4-5(7)6(8)9-2;2-1-3/h5H,3-4,7H2,1-2H3;2H/t5-;/m0./s1. The van der Waals surface area contributed by atoms with Crippen molar-refractivity contribution in [3.05, 3.63) is 0 Å². The summed E-state index contributed by atoms with van der Waals surface area (Å²) in [7, 11) is 1.35. The summed E-state index contributed by atoms with van der Waals surface area (Å²) in [6, 6.07) is -0.431. The fraction of sp³-hybridized carbons (Fsp3) is 0.714. The highest BCUT2D eigenvalue weighted by molar-refractivity contribution is 5.75. The summed E-state index contributed by atoms with van der Waals surface area (Å²) in [4.78, 5) is 18.9. The van der Waals surface area contributed by atoms with E-state index in [4.69, 9.17) is 15.9 Å². The normalized spacial score (nSPS) is 10.2. The van der Waals surface area contributed by atoms with Gasteiger partial charge in [-0.15, -0.1) is 0 Å². The van der Waals surface area contributed by atoms with Gasteiger partial charge in [0.05, 0.1) is 7.11 Å². The van der Waals surface area contributed by atoms with Crippen molar-refractivity contribution in [2.24, 2.45) is 5.73 Å². The largest absolute Gasteiger partial charge is 0.468 e. The van der Waals surface area contributed by atoms with E-state index in [-0.39, 0.29) is 5.97 Å². The minimum absolute atomic E-state index is 0.322. The van der Waals surface area contributed by atoms with Crippen LogP contribution in [0.2, 0.25) is 0 Å². The van der Waals surface area contributed by atoms with Crippen LogP contribution in [0, 0.1) is 5.41 Å². The number of carbonyl (C=O) groups is 1. The Bertz CT molecular complexity index is 153. The Hall–Kier alpha value is -1.19. The van der Waals surface area contributed by atoms with Crippen LogP contribution in [0.15, 0.2) is 0 Å². The quantitative estimate of drug-likeness (QED) is 0.363. The fourth-order valence-corrected chi connectivity index (χ4v) is 0.580. The number of methoxy groups -OCH3 is 1. The van der Waals surface area contributed by atoms with Crippen molar-refractivity contribution in [3.8, 4) is 0 Å². The molecule has 5 nitrogen and oxygen atoms in total. The minimum Gasteiger partial charge on any atom is -0.468 e. The maximum atomic E-state index is 10.6. The van der Waals surface area contributed by atoms with Gasteiger partial charge in [0.15, 0.2) is 0 Å². The molecule has 0 rings (SSSR count). The van der Waals surface area contributed by atoms with Crippen LogP contribution in [0.5, 0.6) is 0 Å². The number of nitrogens with two attached hydrogens (primary N) is 1. The van der Waals surface area contributed by atoms with Gasteiger partial charge in [0.25, 0.3) is 0 Å². The van der Waals surface area contributed by atoms with Crippen LogP contribution in [0.4, 0.5) is 0 Å². The first kappa shape index (κ1) is 13.4. The van der Waals surface area contributed by atoms with Gasteiger partial charge in [0.2, 0.25) is 6.08 Å². The lowest BCUT2D eigenvalue weighted by atomic mass is 10.2. The Morgan fingerprint density at radius 2 is 2.17 bits per heavy atom. The van der Waals surface area contributed by atoms with E-state index in [9.17, 15) is 4.79 Å². The van der Waals surface area contributed by atoms with Gasteiger partial charge < -0.3 is 10.5 Å². The molecule has 0 saturated heterocycles. The highest BCUT2D eigenvalue weighted by Gasteiger charge is 2.10. The monoisotopic (exact) mass is 174 g/mol. The van der Waals surface area contributed by atoms with Crippen LogP contribution in [-0.2, 0) is 14.3 Å². The second-order valence-electron chi connectivity index (χ2n) is 2.02. The summed E-state index contributed by atoms with van der Waals surface area (Å²) in [5.74, 6) is -0.322. The highest BCUT2D eigenvalue weighted by atomic mass is 16.5. The van der Waals surface area contributed by atoms with Crippen molar-refractivity contribution in [2.75, 3.05) is 7.11 Å². The second kappa shape index (κ2) is 9.81. The van der Waals surface area contributed by atoms with Crippen LogP contribution in [0.1, 0.15) is 19.8 Å². The minimum atomic E-state index is -0.431. The van der Waals surface area contributed by atoms with Gasteiger partial charge >= 0.3 is 5.97 Å². The first-order valence-electron chi connectivity index (χ1n) is 3.51. The third-order valence-electron chi connectivity index (χ3n) is 1.10. The molecule has 0 aromatic heterocycles. The first-order chi connectivity index (χ1) is 5.63. The Kier molecular flexibility index (Phi) is 11.0. The van der Waals surface area contributed by atoms with Crippen LogP contribution >= 0.6 is 0 Å². The Balaban J connectivity index is 0. The van der Waals surface area contributed by atoms with E-state index < -0.39 is 6.04 Å². The van der Waals surface area contributed by atoms with Crippen LogP contribution in [0.25, 0.3) is 0 Å². The van der Waals surface area contributed by atoms with E-state index in [0.717, 1.165) is 12.5 Å². The number of carbonyl (C=O) groups excluding carboxylic acids is 2. The molecule has 0 spiro atoms. The van der Waals surface area contributed by atoms with Gasteiger partial charge in [-0.3, -0.25) is 4.79 Å². The zero-order valence-electron chi connectivity index (χ0n) is 7.29. The van der Waals surface area contributed by atoms with E-state index in [1.54, 1.807) is 0 Å². The van der Waals surface area contributed by atoms with E-state index in [1.165, 1.54) is 7.11 Å². The van der Waals surface area contributed by atoms with E-state index in [1.807, 2.05) is 6.92 Å². The SMILES string of the molecule is CCC[C@H](N)C(=O)OC.N=C=O. The molecule has 0 amide bonds. The molecule has 0 aliphatic carbocycles. The van der Waals surface area contributed by atoms with Gasteiger partial charge in [-0.2, -0.15) is 0 Å². The molecule has 70 valence electrons. The lowest BCUT2D eigenvalue weighted by Crippen LogP contribution is -2.31.